The summed E-state index contributed by atoms with van der Waals surface area (Å²) in [7, 11) is 0. The van der Waals surface area contributed by atoms with Gasteiger partial charge in [0.2, 0.25) is 5.79 Å². The number of aliphatic hydroxyl groups is 4. The fourth-order valence-electron chi connectivity index (χ4n) is 1.85. The van der Waals surface area contributed by atoms with Crippen molar-refractivity contribution in [1.82, 2.24) is 0 Å². The lowest BCUT2D eigenvalue weighted by Crippen LogP contribution is -2.61. The number of carboxylic acids is 1. The smallest absolute Gasteiger partial charge is 0.303 e. The Morgan fingerprint density at radius 3 is 2.42 bits per heavy atom. The first kappa shape index (κ1) is 16.0. The molecule has 1 heterocycles. The van der Waals surface area contributed by atoms with Crippen molar-refractivity contribution >= 4 is 11.8 Å². The quantitative estimate of drug-likeness (QED) is 0.375. The van der Waals surface area contributed by atoms with Gasteiger partial charge < -0.3 is 30.3 Å². The molecule has 1 fully saturated rings. The Kier molecular flexibility index (Phi) is 5.39. The van der Waals surface area contributed by atoms with Crippen LogP contribution in [0.25, 0.3) is 0 Å². The van der Waals surface area contributed by atoms with Crippen LogP contribution in [0, 0.1) is 0 Å². The number of Topliss-reactive ketones (excluding diaryl/α,β-unsaturated/α-hetero) is 1. The molecule has 19 heavy (non-hydrogen) atoms. The van der Waals surface area contributed by atoms with Gasteiger partial charge in [0.1, 0.15) is 24.1 Å². The fraction of sp³-hybridized carbons (Fsp3) is 0.818. The standard InChI is InChI=1S/C11H18O8/c12-6(2-1-3-8(14)15)4-11(18)10(17)9(16)7(13)5-19-11/h7,9-10,13,16-18H,1-5H2,(H,14,15)/t7-,9+,10-,11-/m1/s1. The van der Waals surface area contributed by atoms with Crippen molar-refractivity contribution in [3.05, 3.63) is 0 Å². The molecule has 8 nitrogen and oxygen atoms in total. The number of aliphatic hydroxyl groups excluding tert-OH is 3. The third-order valence-electron chi connectivity index (χ3n) is 2.98. The highest BCUT2D eigenvalue weighted by Crippen LogP contribution is 2.27. The number of hydrogen-bond donors (Lipinski definition) is 5. The molecule has 5 N–H and O–H groups in total. The normalized spacial score (nSPS) is 35.1. The summed E-state index contributed by atoms with van der Waals surface area (Å²) in [6.45, 7) is -0.406. The minimum absolute atomic E-state index is 0.0800. The van der Waals surface area contributed by atoms with Crippen molar-refractivity contribution < 1.29 is 39.9 Å². The summed E-state index contributed by atoms with van der Waals surface area (Å²) in [5, 5.41) is 46.6. The molecule has 0 spiro atoms. The largest absolute Gasteiger partial charge is 0.481 e. The average molecular weight is 278 g/mol. The van der Waals surface area contributed by atoms with E-state index in [-0.39, 0.29) is 19.3 Å². The number of rotatable bonds is 6. The number of aliphatic carboxylic acids is 1. The maximum absolute atomic E-state index is 11.5. The molecule has 110 valence electrons. The van der Waals surface area contributed by atoms with Gasteiger partial charge in [-0.2, -0.15) is 0 Å². The Hall–Kier alpha value is -1.06. The van der Waals surface area contributed by atoms with Gasteiger partial charge in [0, 0.05) is 12.8 Å². The van der Waals surface area contributed by atoms with E-state index in [2.05, 4.69) is 0 Å². The van der Waals surface area contributed by atoms with E-state index in [0.717, 1.165) is 0 Å². The highest BCUT2D eigenvalue weighted by Gasteiger charge is 2.49. The van der Waals surface area contributed by atoms with Gasteiger partial charge in [-0.25, -0.2) is 0 Å². The molecule has 8 heteroatoms. The van der Waals surface area contributed by atoms with Crippen LogP contribution in [0.2, 0.25) is 0 Å². The molecule has 0 amide bonds. The Balaban J connectivity index is 2.50. The van der Waals surface area contributed by atoms with E-state index in [9.17, 15) is 30.0 Å². The van der Waals surface area contributed by atoms with Gasteiger partial charge >= 0.3 is 5.97 Å². The van der Waals surface area contributed by atoms with Gasteiger partial charge in [0.05, 0.1) is 13.0 Å². The Morgan fingerprint density at radius 2 is 1.84 bits per heavy atom. The van der Waals surface area contributed by atoms with Crippen molar-refractivity contribution in [2.45, 2.75) is 49.8 Å². The molecule has 4 atom stereocenters. The van der Waals surface area contributed by atoms with E-state index in [1.165, 1.54) is 0 Å². The second-order valence-electron chi connectivity index (χ2n) is 4.62. The van der Waals surface area contributed by atoms with Gasteiger partial charge in [0.25, 0.3) is 0 Å². The lowest BCUT2D eigenvalue weighted by atomic mass is 9.92. The number of carboxylic acid groups (broad SMARTS) is 1. The first-order valence-corrected chi connectivity index (χ1v) is 5.90. The van der Waals surface area contributed by atoms with Crippen LogP contribution in [0.4, 0.5) is 0 Å². The SMILES string of the molecule is O=C(O)CCCC(=O)C[C@@]1(O)OC[C@@H](O)[C@H](O)[C@H]1O. The molecule has 1 aliphatic rings. The molecule has 0 bridgehead atoms. The van der Waals surface area contributed by atoms with Crippen LogP contribution in [-0.2, 0) is 14.3 Å². The molecule has 0 aliphatic carbocycles. The first-order valence-electron chi connectivity index (χ1n) is 5.90. The predicted octanol–water partition coefficient (Wildman–Crippen LogP) is -2.00. The van der Waals surface area contributed by atoms with Gasteiger partial charge in [-0.15, -0.1) is 0 Å². The number of carbonyl (C=O) groups excluding carboxylic acids is 1. The lowest BCUT2D eigenvalue weighted by Gasteiger charge is -2.41. The molecule has 1 rings (SSSR count). The molecule has 0 saturated carbocycles. The molecular weight excluding hydrogens is 260 g/mol. The van der Waals surface area contributed by atoms with Crippen molar-refractivity contribution in [3.63, 3.8) is 0 Å². The van der Waals surface area contributed by atoms with Crippen molar-refractivity contribution in [3.8, 4) is 0 Å². The van der Waals surface area contributed by atoms with Gasteiger partial charge in [-0.05, 0) is 6.42 Å². The second-order valence-corrected chi connectivity index (χ2v) is 4.62. The third-order valence-corrected chi connectivity index (χ3v) is 2.98. The van der Waals surface area contributed by atoms with E-state index in [4.69, 9.17) is 9.84 Å². The topological polar surface area (TPSA) is 145 Å². The van der Waals surface area contributed by atoms with Crippen LogP contribution in [0.1, 0.15) is 25.7 Å². The van der Waals surface area contributed by atoms with Crippen LogP contribution in [0.15, 0.2) is 0 Å². The van der Waals surface area contributed by atoms with Gasteiger partial charge in [-0.1, -0.05) is 0 Å². The first-order chi connectivity index (χ1) is 8.76. The summed E-state index contributed by atoms with van der Waals surface area (Å²) in [6, 6.07) is 0. The fourth-order valence-corrected chi connectivity index (χ4v) is 1.85. The number of ether oxygens (including phenoxy) is 1. The molecule has 0 radical (unpaired) electrons. The van der Waals surface area contributed by atoms with E-state index >= 15 is 0 Å². The zero-order valence-corrected chi connectivity index (χ0v) is 10.2. The molecule has 1 aliphatic heterocycles. The van der Waals surface area contributed by atoms with Crippen LogP contribution < -0.4 is 0 Å². The molecule has 0 unspecified atom stereocenters. The van der Waals surface area contributed by atoms with Crippen molar-refractivity contribution in [2.75, 3.05) is 6.61 Å². The molecular formula is C11H18O8. The summed E-state index contributed by atoms with van der Waals surface area (Å²) in [5.74, 6) is -3.77. The monoisotopic (exact) mass is 278 g/mol. The summed E-state index contributed by atoms with van der Waals surface area (Å²) >= 11 is 0. The summed E-state index contributed by atoms with van der Waals surface area (Å²) in [6.07, 6.45) is -5.45. The second kappa shape index (κ2) is 6.40. The molecule has 1 saturated heterocycles. The van der Waals surface area contributed by atoms with E-state index < -0.39 is 48.9 Å². The number of hydrogen-bond acceptors (Lipinski definition) is 7. The van der Waals surface area contributed by atoms with Crippen LogP contribution >= 0.6 is 0 Å². The van der Waals surface area contributed by atoms with E-state index in [0.29, 0.717) is 0 Å². The molecule has 0 aromatic heterocycles. The minimum atomic E-state index is -2.25. The maximum Gasteiger partial charge on any atom is 0.303 e. The predicted molar refractivity (Wildman–Crippen MR) is 60.0 cm³/mol. The summed E-state index contributed by atoms with van der Waals surface area (Å²) < 4.78 is 4.82. The Labute approximate surface area is 109 Å². The summed E-state index contributed by atoms with van der Waals surface area (Å²) in [5.41, 5.74) is 0. The van der Waals surface area contributed by atoms with Crippen LogP contribution in [0.5, 0.6) is 0 Å². The zero-order chi connectivity index (χ0) is 14.6. The molecule has 0 aromatic carbocycles. The highest BCUT2D eigenvalue weighted by molar-refractivity contribution is 5.79. The van der Waals surface area contributed by atoms with Crippen LogP contribution in [-0.4, -0.2) is 68.0 Å². The zero-order valence-electron chi connectivity index (χ0n) is 10.2. The number of ketones is 1. The van der Waals surface area contributed by atoms with E-state index in [1.54, 1.807) is 0 Å². The Morgan fingerprint density at radius 1 is 1.21 bits per heavy atom. The third kappa shape index (κ3) is 4.22. The average Bonchev–Trinajstić information content (AvgIpc) is 2.31. The van der Waals surface area contributed by atoms with Crippen molar-refractivity contribution in [1.29, 1.82) is 0 Å². The number of carbonyl (C=O) groups is 2. The van der Waals surface area contributed by atoms with E-state index in [1.807, 2.05) is 0 Å². The lowest BCUT2D eigenvalue weighted by molar-refractivity contribution is -0.320. The van der Waals surface area contributed by atoms with Gasteiger partial charge in [-0.3, -0.25) is 9.59 Å². The van der Waals surface area contributed by atoms with Crippen molar-refractivity contribution in [2.24, 2.45) is 0 Å². The Bertz CT molecular complexity index is 344. The summed E-state index contributed by atoms with van der Waals surface area (Å²) in [4.78, 5) is 21.8. The minimum Gasteiger partial charge on any atom is -0.481 e. The maximum atomic E-state index is 11.5. The van der Waals surface area contributed by atoms with Gasteiger partial charge in [0.15, 0.2) is 0 Å². The van der Waals surface area contributed by atoms with Crippen LogP contribution in [0.3, 0.4) is 0 Å². The highest BCUT2D eigenvalue weighted by atomic mass is 16.6. The molecule has 0 aromatic rings.